The highest BCUT2D eigenvalue weighted by Crippen LogP contribution is 2.38. The molecule has 1 aromatic rings. The molecule has 1 aromatic heterocycles. The molecule has 2 rings (SSSR count). The first-order chi connectivity index (χ1) is 12.5. The van der Waals surface area contributed by atoms with Crippen molar-refractivity contribution in [2.24, 2.45) is 0 Å². The first kappa shape index (κ1) is 21.4. The van der Waals surface area contributed by atoms with Gasteiger partial charge in [-0.25, -0.2) is 14.2 Å². The summed E-state index contributed by atoms with van der Waals surface area (Å²) < 4.78 is 25.0. The summed E-state index contributed by atoms with van der Waals surface area (Å²) in [5.74, 6) is -1.19. The molecule has 5 atom stereocenters. The normalized spacial score (nSPS) is 26.7. The number of aromatic nitrogens is 2. The molecule has 6 N–H and O–H groups in total. The summed E-state index contributed by atoms with van der Waals surface area (Å²) >= 11 is 0. The van der Waals surface area contributed by atoms with Gasteiger partial charge in [-0.2, -0.15) is 0 Å². The van der Waals surface area contributed by atoms with Crippen molar-refractivity contribution in [3.8, 4) is 0 Å². The van der Waals surface area contributed by atoms with Crippen LogP contribution in [0.4, 0.5) is 0 Å². The Morgan fingerprint density at radius 3 is 2.56 bits per heavy atom. The molecular formula is C12H17N2O12P. The number of carbonyl (C=O) groups excluding carboxylic acids is 1. The fourth-order valence-corrected chi connectivity index (χ4v) is 2.73. The molecule has 27 heavy (non-hydrogen) atoms. The average Bonchev–Trinajstić information content (AvgIpc) is 2.86. The Bertz CT molecular complexity index is 859. The largest absolute Gasteiger partial charge is 0.469 e. The Morgan fingerprint density at radius 2 is 2.00 bits per heavy atom. The number of esters is 1. The summed E-state index contributed by atoms with van der Waals surface area (Å²) in [7, 11) is -3.92. The van der Waals surface area contributed by atoms with Crippen LogP contribution in [0.3, 0.4) is 0 Å². The maximum Gasteiger partial charge on any atom is 0.469 e. The van der Waals surface area contributed by atoms with E-state index in [1.807, 2.05) is 0 Å². The van der Waals surface area contributed by atoms with Crippen molar-refractivity contribution in [2.75, 3.05) is 13.7 Å². The Labute approximate surface area is 149 Å². The summed E-state index contributed by atoms with van der Waals surface area (Å²) in [6, 6.07) is 0. The third-order valence-corrected chi connectivity index (χ3v) is 4.22. The Morgan fingerprint density at radius 1 is 1.37 bits per heavy atom. The molecule has 0 aliphatic carbocycles. The zero-order chi connectivity index (χ0) is 20.5. The molecule has 0 saturated carbocycles. The smallest absolute Gasteiger partial charge is 0.467 e. The Balaban J connectivity index is 2.34. The minimum Gasteiger partial charge on any atom is -0.467 e. The van der Waals surface area contributed by atoms with E-state index in [1.54, 1.807) is 4.98 Å². The van der Waals surface area contributed by atoms with Crippen LogP contribution in [-0.4, -0.2) is 72.7 Å². The van der Waals surface area contributed by atoms with Gasteiger partial charge in [-0.05, 0) is 0 Å². The van der Waals surface area contributed by atoms with Crippen LogP contribution in [0.5, 0.6) is 0 Å². The van der Waals surface area contributed by atoms with Gasteiger partial charge in [-0.3, -0.25) is 18.9 Å². The van der Waals surface area contributed by atoms with E-state index in [1.165, 1.54) is 0 Å². The number of H-pyrrole nitrogens is 1. The van der Waals surface area contributed by atoms with Crippen molar-refractivity contribution in [3.63, 3.8) is 0 Å². The van der Waals surface area contributed by atoms with Gasteiger partial charge in [0.25, 0.3) is 5.56 Å². The molecule has 2 heterocycles. The minimum absolute atomic E-state index is 0.592. The summed E-state index contributed by atoms with van der Waals surface area (Å²) in [6.45, 7) is -0.811. The van der Waals surface area contributed by atoms with Crippen LogP contribution < -0.4 is 11.2 Å². The molecule has 152 valence electrons. The number of carbonyl (C=O) groups is 1. The zero-order valence-electron chi connectivity index (χ0n) is 13.7. The number of ether oxygens (including phenoxy) is 2. The Kier molecular flexibility index (Phi) is 6.34. The van der Waals surface area contributed by atoms with Crippen LogP contribution in [0.1, 0.15) is 17.9 Å². The summed E-state index contributed by atoms with van der Waals surface area (Å²) in [5, 5.41) is 29.8. The third-order valence-electron chi connectivity index (χ3n) is 3.73. The number of methoxy groups -OCH3 is 1. The number of nitrogens with one attached hydrogen (secondary N) is 1. The van der Waals surface area contributed by atoms with Gasteiger partial charge < -0.3 is 34.6 Å². The van der Waals surface area contributed by atoms with E-state index in [9.17, 15) is 34.3 Å². The maximum absolute atomic E-state index is 12.0. The third kappa shape index (κ3) is 4.69. The number of aliphatic hydroxyl groups excluding tert-OH is 3. The Hall–Kier alpha value is -1.90. The van der Waals surface area contributed by atoms with E-state index < -0.39 is 67.9 Å². The van der Waals surface area contributed by atoms with Crippen molar-refractivity contribution in [3.05, 3.63) is 32.6 Å². The molecule has 1 unspecified atom stereocenters. The second-order valence-corrected chi connectivity index (χ2v) is 6.75. The highest BCUT2D eigenvalue weighted by molar-refractivity contribution is 7.46. The van der Waals surface area contributed by atoms with Crippen molar-refractivity contribution in [1.82, 2.24) is 9.55 Å². The van der Waals surface area contributed by atoms with Crippen LogP contribution in [0.2, 0.25) is 0 Å². The van der Waals surface area contributed by atoms with Crippen LogP contribution in [0.15, 0.2) is 15.8 Å². The highest BCUT2D eigenvalue weighted by atomic mass is 31.2. The molecule has 14 nitrogen and oxygen atoms in total. The number of rotatable bonds is 6. The number of phosphoric ester groups is 1. The first-order valence-electron chi connectivity index (χ1n) is 7.29. The summed E-state index contributed by atoms with van der Waals surface area (Å²) in [5.41, 5.74) is -2.79. The molecule has 0 aromatic carbocycles. The summed E-state index contributed by atoms with van der Waals surface area (Å²) in [6.07, 6.45) is -7.81. The fraction of sp³-hybridized carbons (Fsp3) is 0.583. The van der Waals surface area contributed by atoms with Crippen molar-refractivity contribution in [1.29, 1.82) is 0 Å². The lowest BCUT2D eigenvalue weighted by Crippen LogP contribution is -2.39. The molecule has 1 aliphatic heterocycles. The van der Waals surface area contributed by atoms with Crippen LogP contribution in [0.25, 0.3) is 0 Å². The zero-order valence-corrected chi connectivity index (χ0v) is 14.6. The first-order valence-corrected chi connectivity index (χ1v) is 8.82. The lowest BCUT2D eigenvalue weighted by molar-refractivity contribution is -0.150. The number of aromatic amines is 1. The minimum atomic E-state index is -4.88. The average molecular weight is 412 g/mol. The molecule has 0 amide bonds. The molecule has 1 fully saturated rings. The fourth-order valence-electron chi connectivity index (χ4n) is 2.39. The number of nitrogens with zero attached hydrogens (tertiary/aromatic N) is 1. The molecule has 0 radical (unpaired) electrons. The number of phosphoric acid groups is 1. The van der Waals surface area contributed by atoms with Gasteiger partial charge in [0, 0.05) is 6.20 Å². The summed E-state index contributed by atoms with van der Waals surface area (Å²) in [4.78, 5) is 54.4. The monoisotopic (exact) mass is 412 g/mol. The molecule has 1 aliphatic rings. The number of hydrogen-bond acceptors (Lipinski definition) is 10. The van der Waals surface area contributed by atoms with Crippen LogP contribution in [-0.2, 0) is 23.4 Å². The SMILES string of the molecule is COC(=O)C(O)c1cn([C@@H]2O[C@H](COP(=O)(O)O)[C@@H](O)[C@H]2O)c(=O)[nH]c1=O. The van der Waals surface area contributed by atoms with E-state index in [0.29, 0.717) is 4.57 Å². The number of aliphatic hydroxyl groups is 3. The molecule has 0 spiro atoms. The van der Waals surface area contributed by atoms with E-state index in [4.69, 9.17) is 14.5 Å². The standard InChI is InChI=1S/C12H17N2O12P/c1-24-11(19)6(15)4-2-14(12(20)13-9(4)18)10-8(17)7(16)5(26-10)3-25-27(21,22)23/h2,5-8,10,15-17H,3H2,1H3,(H,13,18,20)(H2,21,22,23)/t5-,6?,7-,8-,10-/m1/s1. The molecule has 15 heteroatoms. The van der Waals surface area contributed by atoms with Crippen molar-refractivity contribution >= 4 is 13.8 Å². The van der Waals surface area contributed by atoms with Crippen molar-refractivity contribution in [2.45, 2.75) is 30.6 Å². The van der Waals surface area contributed by atoms with Gasteiger partial charge in [0.15, 0.2) is 12.3 Å². The van der Waals surface area contributed by atoms with E-state index >= 15 is 0 Å². The predicted octanol–water partition coefficient (Wildman–Crippen LogP) is -3.53. The predicted molar refractivity (Wildman–Crippen MR) is 82.2 cm³/mol. The molecule has 1 saturated heterocycles. The molecule has 0 bridgehead atoms. The van der Waals surface area contributed by atoms with Gasteiger partial charge in [0.05, 0.1) is 19.3 Å². The quantitative estimate of drug-likeness (QED) is 0.198. The van der Waals surface area contributed by atoms with Gasteiger partial charge in [0.2, 0.25) is 0 Å². The van der Waals surface area contributed by atoms with Gasteiger partial charge in [-0.1, -0.05) is 0 Å². The highest BCUT2D eigenvalue weighted by Gasteiger charge is 2.45. The topological polar surface area (TPSA) is 218 Å². The van der Waals surface area contributed by atoms with Crippen molar-refractivity contribution < 1.29 is 48.5 Å². The van der Waals surface area contributed by atoms with E-state index in [0.717, 1.165) is 13.3 Å². The molecular weight excluding hydrogens is 395 g/mol. The van der Waals surface area contributed by atoms with Gasteiger partial charge in [0.1, 0.15) is 18.3 Å². The lowest BCUT2D eigenvalue weighted by Gasteiger charge is -2.18. The van der Waals surface area contributed by atoms with Crippen LogP contribution >= 0.6 is 7.82 Å². The second-order valence-electron chi connectivity index (χ2n) is 5.51. The number of hydrogen-bond donors (Lipinski definition) is 6. The van der Waals surface area contributed by atoms with Crippen LogP contribution in [0, 0.1) is 0 Å². The van der Waals surface area contributed by atoms with Gasteiger partial charge in [-0.15, -0.1) is 0 Å². The van der Waals surface area contributed by atoms with Gasteiger partial charge >= 0.3 is 19.5 Å². The lowest BCUT2D eigenvalue weighted by atomic mass is 10.1. The maximum atomic E-state index is 12.0. The second kappa shape index (κ2) is 8.00. The van der Waals surface area contributed by atoms with E-state index in [-0.39, 0.29) is 0 Å². The van der Waals surface area contributed by atoms with E-state index in [2.05, 4.69) is 9.26 Å².